The predicted octanol–water partition coefficient (Wildman–Crippen LogP) is 4.14. The highest BCUT2D eigenvalue weighted by atomic mass is 16.7. The molecule has 1 rings (SSSR count). The van der Waals surface area contributed by atoms with Crippen molar-refractivity contribution in [3.8, 4) is 0 Å². The standard InChI is InChI=1S/C14H27BO2/c1-7-9-10-12(8-2)11-15-16-13(3,4)14(5,6)17-15/h11H,7-10H2,1-6H3/b12-11-. The van der Waals surface area contributed by atoms with E-state index in [1.165, 1.54) is 18.4 Å². The molecule has 2 nitrogen and oxygen atoms in total. The van der Waals surface area contributed by atoms with E-state index in [0.29, 0.717) is 0 Å². The van der Waals surface area contributed by atoms with Crippen molar-refractivity contribution in [2.75, 3.05) is 0 Å². The summed E-state index contributed by atoms with van der Waals surface area (Å²) < 4.78 is 12.0. The second-order valence-corrected chi connectivity index (χ2v) is 5.91. The lowest BCUT2D eigenvalue weighted by molar-refractivity contribution is 0.00578. The van der Waals surface area contributed by atoms with Crippen molar-refractivity contribution in [1.82, 2.24) is 0 Å². The summed E-state index contributed by atoms with van der Waals surface area (Å²) in [6, 6.07) is 0. The van der Waals surface area contributed by atoms with E-state index in [1.54, 1.807) is 0 Å². The molecule has 1 aliphatic rings. The minimum atomic E-state index is -0.224. The van der Waals surface area contributed by atoms with Crippen LogP contribution in [-0.2, 0) is 9.31 Å². The second-order valence-electron chi connectivity index (χ2n) is 5.91. The van der Waals surface area contributed by atoms with Crippen LogP contribution in [0.2, 0.25) is 0 Å². The summed E-state index contributed by atoms with van der Waals surface area (Å²) >= 11 is 0. The highest BCUT2D eigenvalue weighted by molar-refractivity contribution is 6.51. The fourth-order valence-corrected chi connectivity index (χ4v) is 1.93. The first-order valence-corrected chi connectivity index (χ1v) is 6.87. The first kappa shape index (κ1) is 14.8. The van der Waals surface area contributed by atoms with Gasteiger partial charge in [0, 0.05) is 0 Å². The lowest BCUT2D eigenvalue weighted by atomic mass is 9.85. The fourth-order valence-electron chi connectivity index (χ4n) is 1.93. The Morgan fingerprint density at radius 3 is 2.00 bits per heavy atom. The van der Waals surface area contributed by atoms with Crippen molar-refractivity contribution in [2.24, 2.45) is 0 Å². The fraction of sp³-hybridized carbons (Fsp3) is 0.857. The normalized spacial score (nSPS) is 23.2. The van der Waals surface area contributed by atoms with Crippen LogP contribution in [0.1, 0.15) is 67.2 Å². The Balaban J connectivity index is 2.67. The molecule has 0 aromatic heterocycles. The topological polar surface area (TPSA) is 18.5 Å². The van der Waals surface area contributed by atoms with E-state index in [9.17, 15) is 0 Å². The summed E-state index contributed by atoms with van der Waals surface area (Å²) in [5, 5.41) is 0. The van der Waals surface area contributed by atoms with E-state index >= 15 is 0 Å². The molecule has 0 aromatic rings. The van der Waals surface area contributed by atoms with Gasteiger partial charge in [-0.1, -0.05) is 31.8 Å². The number of rotatable bonds is 5. The maximum atomic E-state index is 5.98. The van der Waals surface area contributed by atoms with Gasteiger partial charge < -0.3 is 9.31 Å². The summed E-state index contributed by atoms with van der Waals surface area (Å²) in [5.41, 5.74) is 1.00. The second kappa shape index (κ2) is 5.58. The molecule has 0 N–H and O–H groups in total. The van der Waals surface area contributed by atoms with Crippen molar-refractivity contribution in [1.29, 1.82) is 0 Å². The third-order valence-corrected chi connectivity index (χ3v) is 3.95. The van der Waals surface area contributed by atoms with Gasteiger partial charge in [0.1, 0.15) is 0 Å². The Hall–Kier alpha value is -0.275. The van der Waals surface area contributed by atoms with Gasteiger partial charge in [0.15, 0.2) is 0 Å². The summed E-state index contributed by atoms with van der Waals surface area (Å²) in [6.45, 7) is 12.8. The number of hydrogen-bond acceptors (Lipinski definition) is 2. The molecule has 0 unspecified atom stereocenters. The van der Waals surface area contributed by atoms with Gasteiger partial charge in [-0.25, -0.2) is 0 Å². The lowest BCUT2D eigenvalue weighted by Crippen LogP contribution is -2.41. The molecule has 0 radical (unpaired) electrons. The van der Waals surface area contributed by atoms with Gasteiger partial charge in [-0.2, -0.15) is 0 Å². The zero-order valence-corrected chi connectivity index (χ0v) is 12.3. The van der Waals surface area contributed by atoms with Crippen molar-refractivity contribution in [3.63, 3.8) is 0 Å². The Bertz CT molecular complexity index is 266. The van der Waals surface area contributed by atoms with Gasteiger partial charge in [0.25, 0.3) is 0 Å². The zero-order chi connectivity index (χ0) is 13.1. The van der Waals surface area contributed by atoms with E-state index < -0.39 is 0 Å². The quantitative estimate of drug-likeness (QED) is 0.670. The Morgan fingerprint density at radius 2 is 1.59 bits per heavy atom. The molecule has 0 saturated carbocycles. The van der Waals surface area contributed by atoms with Crippen molar-refractivity contribution >= 4 is 7.12 Å². The molecule has 17 heavy (non-hydrogen) atoms. The number of allylic oxidation sites excluding steroid dienone is 1. The third kappa shape index (κ3) is 3.59. The SMILES string of the molecule is CCCC/C(=C\B1OC(C)(C)C(C)(C)O1)CC. The van der Waals surface area contributed by atoms with Gasteiger partial charge in [-0.05, 0) is 47.0 Å². The Labute approximate surface area is 107 Å². The highest BCUT2D eigenvalue weighted by Gasteiger charge is 2.50. The van der Waals surface area contributed by atoms with E-state index in [2.05, 4.69) is 47.5 Å². The van der Waals surface area contributed by atoms with Gasteiger partial charge in [-0.3, -0.25) is 0 Å². The minimum Gasteiger partial charge on any atom is -0.400 e. The van der Waals surface area contributed by atoms with Crippen LogP contribution >= 0.6 is 0 Å². The van der Waals surface area contributed by atoms with Crippen molar-refractivity contribution < 1.29 is 9.31 Å². The Kier molecular flexibility index (Phi) is 4.85. The van der Waals surface area contributed by atoms with Crippen LogP contribution in [0.4, 0.5) is 0 Å². The summed E-state index contributed by atoms with van der Waals surface area (Å²) in [4.78, 5) is 0. The zero-order valence-electron chi connectivity index (χ0n) is 12.3. The summed E-state index contributed by atoms with van der Waals surface area (Å²) in [6.07, 6.45) is 4.74. The molecule has 0 amide bonds. The molecular weight excluding hydrogens is 211 g/mol. The highest BCUT2D eigenvalue weighted by Crippen LogP contribution is 2.37. The molecule has 0 aliphatic carbocycles. The largest absolute Gasteiger partial charge is 0.487 e. The molecule has 3 heteroatoms. The van der Waals surface area contributed by atoms with Gasteiger partial charge in [0.05, 0.1) is 11.2 Å². The molecule has 1 fully saturated rings. The molecule has 0 aromatic carbocycles. The third-order valence-electron chi connectivity index (χ3n) is 3.95. The van der Waals surface area contributed by atoms with Crippen molar-refractivity contribution in [2.45, 2.75) is 78.4 Å². The van der Waals surface area contributed by atoms with Crippen LogP contribution in [0.15, 0.2) is 11.5 Å². The van der Waals surface area contributed by atoms with E-state index in [0.717, 1.165) is 12.8 Å². The molecule has 0 bridgehead atoms. The van der Waals surface area contributed by atoms with Gasteiger partial charge in [-0.15, -0.1) is 0 Å². The monoisotopic (exact) mass is 238 g/mol. The van der Waals surface area contributed by atoms with E-state index in [4.69, 9.17) is 9.31 Å². The summed E-state index contributed by atoms with van der Waals surface area (Å²) in [7, 11) is -0.174. The predicted molar refractivity (Wildman–Crippen MR) is 74.0 cm³/mol. The first-order chi connectivity index (χ1) is 7.82. The Morgan fingerprint density at radius 1 is 1.06 bits per heavy atom. The molecule has 0 spiro atoms. The maximum Gasteiger partial charge on any atom is 0.487 e. The van der Waals surface area contributed by atoms with Crippen LogP contribution in [0.3, 0.4) is 0 Å². The molecule has 98 valence electrons. The van der Waals surface area contributed by atoms with Crippen LogP contribution in [0.25, 0.3) is 0 Å². The van der Waals surface area contributed by atoms with Gasteiger partial charge in [0.2, 0.25) is 0 Å². The molecule has 1 heterocycles. The van der Waals surface area contributed by atoms with Crippen LogP contribution in [0.5, 0.6) is 0 Å². The van der Waals surface area contributed by atoms with Gasteiger partial charge >= 0.3 is 7.12 Å². The molecular formula is C14H27BO2. The summed E-state index contributed by atoms with van der Waals surface area (Å²) in [5.74, 6) is 2.17. The molecule has 1 aliphatic heterocycles. The first-order valence-electron chi connectivity index (χ1n) is 6.87. The van der Waals surface area contributed by atoms with Crippen LogP contribution in [-0.4, -0.2) is 18.3 Å². The minimum absolute atomic E-state index is 0.174. The number of unbranched alkanes of at least 4 members (excludes halogenated alkanes) is 1. The average Bonchev–Trinajstić information content (AvgIpc) is 2.42. The van der Waals surface area contributed by atoms with Crippen molar-refractivity contribution in [3.05, 3.63) is 11.5 Å². The van der Waals surface area contributed by atoms with Crippen LogP contribution in [0, 0.1) is 0 Å². The van der Waals surface area contributed by atoms with E-state index in [-0.39, 0.29) is 18.3 Å². The molecule has 1 saturated heterocycles. The maximum absolute atomic E-state index is 5.98. The smallest absolute Gasteiger partial charge is 0.400 e. The molecule has 0 atom stereocenters. The average molecular weight is 238 g/mol. The van der Waals surface area contributed by atoms with E-state index in [1.807, 2.05) is 0 Å². The number of hydrogen-bond donors (Lipinski definition) is 0. The lowest BCUT2D eigenvalue weighted by Gasteiger charge is -2.32. The van der Waals surface area contributed by atoms with Crippen LogP contribution < -0.4 is 0 Å².